The van der Waals surface area contributed by atoms with Crippen molar-refractivity contribution in [1.82, 2.24) is 4.72 Å². The Balaban J connectivity index is 2.74. The van der Waals surface area contributed by atoms with Gasteiger partial charge in [0, 0.05) is 25.8 Å². The van der Waals surface area contributed by atoms with Crippen LogP contribution in [-0.2, 0) is 14.8 Å². The van der Waals surface area contributed by atoms with E-state index < -0.39 is 15.8 Å². The second-order valence-corrected chi connectivity index (χ2v) is 5.98. The number of benzene rings is 1. The summed E-state index contributed by atoms with van der Waals surface area (Å²) in [5.74, 6) is 4.39. The Labute approximate surface area is 124 Å². The summed E-state index contributed by atoms with van der Waals surface area (Å²) < 4.78 is 45.0. The monoisotopic (exact) mass is 314 g/mol. The smallest absolute Gasteiger partial charge is 0.243 e. The summed E-state index contributed by atoms with van der Waals surface area (Å²) in [4.78, 5) is -0.382. The SMILES string of the molecule is COCCCCNS(=O)(=O)c1ccc(C#CCN)cc1F. The van der Waals surface area contributed by atoms with E-state index in [4.69, 9.17) is 10.5 Å². The van der Waals surface area contributed by atoms with Gasteiger partial charge in [0.15, 0.2) is 0 Å². The minimum atomic E-state index is -3.85. The molecule has 1 aromatic carbocycles. The topological polar surface area (TPSA) is 81.4 Å². The number of nitrogens with one attached hydrogen (secondary N) is 1. The average molecular weight is 314 g/mol. The fourth-order valence-electron chi connectivity index (χ4n) is 1.61. The second-order valence-electron chi connectivity index (χ2n) is 4.25. The predicted molar refractivity (Wildman–Crippen MR) is 78.6 cm³/mol. The minimum absolute atomic E-state index is 0.157. The van der Waals surface area contributed by atoms with E-state index in [1.807, 2.05) is 0 Å². The lowest BCUT2D eigenvalue weighted by atomic mass is 10.2. The quantitative estimate of drug-likeness (QED) is 0.577. The lowest BCUT2D eigenvalue weighted by Crippen LogP contribution is -2.25. The molecule has 0 saturated carbocycles. The van der Waals surface area contributed by atoms with Crippen LogP contribution in [0.2, 0.25) is 0 Å². The summed E-state index contributed by atoms with van der Waals surface area (Å²) in [5, 5.41) is 0. The molecule has 0 fully saturated rings. The number of halogens is 1. The molecule has 0 aromatic heterocycles. The van der Waals surface area contributed by atoms with Crippen LogP contribution in [0.15, 0.2) is 23.1 Å². The van der Waals surface area contributed by atoms with Gasteiger partial charge in [-0.1, -0.05) is 11.8 Å². The van der Waals surface area contributed by atoms with E-state index in [1.54, 1.807) is 7.11 Å². The van der Waals surface area contributed by atoms with Crippen molar-refractivity contribution in [3.05, 3.63) is 29.6 Å². The molecule has 116 valence electrons. The van der Waals surface area contributed by atoms with Gasteiger partial charge in [-0.15, -0.1) is 0 Å². The first kappa shape index (κ1) is 17.6. The normalized spacial score (nSPS) is 11.0. The van der Waals surface area contributed by atoms with Crippen LogP contribution in [0.1, 0.15) is 18.4 Å². The predicted octanol–water partition coefficient (Wildman–Crippen LogP) is 0.841. The maximum absolute atomic E-state index is 13.9. The standard InChI is InChI=1S/C14H19FN2O3S/c1-20-10-3-2-9-17-21(18,19)14-7-6-12(5-4-8-16)11-13(14)15/h6-7,11,17H,2-3,8-10,16H2,1H3. The summed E-state index contributed by atoms with van der Waals surface area (Å²) in [7, 11) is -2.28. The molecule has 0 amide bonds. The van der Waals surface area contributed by atoms with Crippen molar-refractivity contribution in [3.8, 4) is 11.8 Å². The molecule has 5 nitrogen and oxygen atoms in total. The molecule has 0 saturated heterocycles. The molecule has 0 aliphatic heterocycles. The zero-order valence-electron chi connectivity index (χ0n) is 11.9. The van der Waals surface area contributed by atoms with Gasteiger partial charge in [0.2, 0.25) is 10.0 Å². The van der Waals surface area contributed by atoms with E-state index in [1.165, 1.54) is 12.1 Å². The van der Waals surface area contributed by atoms with Gasteiger partial charge in [-0.05, 0) is 31.0 Å². The van der Waals surface area contributed by atoms with E-state index in [-0.39, 0.29) is 18.0 Å². The number of unbranched alkanes of at least 4 members (excludes halogenated alkanes) is 1. The van der Waals surface area contributed by atoms with Crippen molar-refractivity contribution in [2.24, 2.45) is 5.73 Å². The van der Waals surface area contributed by atoms with Crippen LogP contribution in [0.25, 0.3) is 0 Å². The van der Waals surface area contributed by atoms with Crippen LogP contribution >= 0.6 is 0 Å². The highest BCUT2D eigenvalue weighted by Crippen LogP contribution is 2.15. The van der Waals surface area contributed by atoms with Crippen LogP contribution in [0.5, 0.6) is 0 Å². The van der Waals surface area contributed by atoms with Gasteiger partial charge in [-0.2, -0.15) is 0 Å². The first-order chi connectivity index (χ1) is 10.0. The molecular weight excluding hydrogens is 295 g/mol. The van der Waals surface area contributed by atoms with Crippen molar-refractivity contribution in [2.45, 2.75) is 17.7 Å². The maximum Gasteiger partial charge on any atom is 0.243 e. The van der Waals surface area contributed by atoms with Crippen molar-refractivity contribution >= 4 is 10.0 Å². The summed E-state index contributed by atoms with van der Waals surface area (Å²) in [5.41, 5.74) is 5.61. The third-order valence-corrected chi connectivity index (χ3v) is 4.12. The molecule has 0 bridgehead atoms. The lowest BCUT2D eigenvalue weighted by molar-refractivity contribution is 0.193. The molecular formula is C14H19FN2O3S. The highest BCUT2D eigenvalue weighted by Gasteiger charge is 2.18. The van der Waals surface area contributed by atoms with Gasteiger partial charge in [0.25, 0.3) is 0 Å². The first-order valence-corrected chi connectivity index (χ1v) is 7.96. The van der Waals surface area contributed by atoms with Gasteiger partial charge >= 0.3 is 0 Å². The number of sulfonamides is 1. The highest BCUT2D eigenvalue weighted by molar-refractivity contribution is 7.89. The van der Waals surface area contributed by atoms with Crippen LogP contribution in [0.3, 0.4) is 0 Å². The molecule has 0 aliphatic carbocycles. The maximum atomic E-state index is 13.9. The summed E-state index contributed by atoms with van der Waals surface area (Å²) in [6.07, 6.45) is 1.35. The molecule has 0 spiro atoms. The fraction of sp³-hybridized carbons (Fsp3) is 0.429. The van der Waals surface area contributed by atoms with Crippen LogP contribution in [0, 0.1) is 17.7 Å². The average Bonchev–Trinajstić information content (AvgIpc) is 2.44. The zero-order valence-corrected chi connectivity index (χ0v) is 12.7. The van der Waals surface area contributed by atoms with Crippen molar-refractivity contribution in [2.75, 3.05) is 26.8 Å². The van der Waals surface area contributed by atoms with Gasteiger partial charge in [0.05, 0.1) is 6.54 Å². The van der Waals surface area contributed by atoms with Gasteiger partial charge in [-0.25, -0.2) is 17.5 Å². The van der Waals surface area contributed by atoms with Crippen molar-refractivity contribution in [3.63, 3.8) is 0 Å². The zero-order chi connectivity index (χ0) is 15.7. The Morgan fingerprint density at radius 1 is 1.38 bits per heavy atom. The Kier molecular flexibility index (Phi) is 7.32. The Morgan fingerprint density at radius 3 is 2.76 bits per heavy atom. The van der Waals surface area contributed by atoms with Gasteiger partial charge in [0.1, 0.15) is 10.7 Å². The Morgan fingerprint density at radius 2 is 2.14 bits per heavy atom. The Bertz CT molecular complexity index is 621. The molecule has 0 atom stereocenters. The second kappa shape index (κ2) is 8.74. The van der Waals surface area contributed by atoms with Crippen LogP contribution in [-0.4, -0.2) is 35.2 Å². The van der Waals surface area contributed by atoms with E-state index in [0.717, 1.165) is 12.5 Å². The van der Waals surface area contributed by atoms with Gasteiger partial charge in [-0.3, -0.25) is 0 Å². The van der Waals surface area contributed by atoms with E-state index in [2.05, 4.69) is 16.6 Å². The summed E-state index contributed by atoms with van der Waals surface area (Å²) in [6, 6.07) is 3.74. The third-order valence-electron chi connectivity index (χ3n) is 2.62. The molecule has 0 unspecified atom stereocenters. The molecule has 21 heavy (non-hydrogen) atoms. The molecule has 0 heterocycles. The van der Waals surface area contributed by atoms with E-state index in [0.29, 0.717) is 18.6 Å². The number of ether oxygens (including phenoxy) is 1. The lowest BCUT2D eigenvalue weighted by Gasteiger charge is -2.07. The summed E-state index contributed by atoms with van der Waals surface area (Å²) >= 11 is 0. The minimum Gasteiger partial charge on any atom is -0.385 e. The third kappa shape index (κ3) is 5.81. The largest absolute Gasteiger partial charge is 0.385 e. The van der Waals surface area contributed by atoms with Gasteiger partial charge < -0.3 is 10.5 Å². The molecule has 7 heteroatoms. The van der Waals surface area contributed by atoms with Crippen molar-refractivity contribution < 1.29 is 17.5 Å². The molecule has 0 radical (unpaired) electrons. The Hall–Kier alpha value is -1.46. The molecule has 0 aliphatic rings. The van der Waals surface area contributed by atoms with Crippen molar-refractivity contribution in [1.29, 1.82) is 0 Å². The summed E-state index contributed by atoms with van der Waals surface area (Å²) in [6.45, 7) is 0.954. The molecule has 1 aromatic rings. The first-order valence-electron chi connectivity index (χ1n) is 6.48. The number of hydrogen-bond acceptors (Lipinski definition) is 4. The fourth-order valence-corrected chi connectivity index (χ4v) is 2.74. The number of nitrogens with two attached hydrogens (primary N) is 1. The highest BCUT2D eigenvalue weighted by atomic mass is 32.2. The number of methoxy groups -OCH3 is 1. The van der Waals surface area contributed by atoms with E-state index >= 15 is 0 Å². The van der Waals surface area contributed by atoms with Crippen LogP contribution in [0.4, 0.5) is 4.39 Å². The number of hydrogen-bond donors (Lipinski definition) is 2. The number of rotatable bonds is 7. The molecule has 3 N–H and O–H groups in total. The van der Waals surface area contributed by atoms with E-state index in [9.17, 15) is 12.8 Å². The van der Waals surface area contributed by atoms with Crippen LogP contribution < -0.4 is 10.5 Å². The molecule has 1 rings (SSSR count).